The van der Waals surface area contributed by atoms with E-state index in [-0.39, 0.29) is 6.04 Å². The topological polar surface area (TPSA) is 32.3 Å². The van der Waals surface area contributed by atoms with E-state index in [1.54, 1.807) is 12.1 Å². The average Bonchev–Trinajstić information content (AvgIpc) is 2.69. The summed E-state index contributed by atoms with van der Waals surface area (Å²) in [4.78, 5) is 0. The van der Waals surface area contributed by atoms with Gasteiger partial charge in [0.1, 0.15) is 0 Å². The quantitative estimate of drug-likeness (QED) is 0.730. The van der Waals surface area contributed by atoms with Gasteiger partial charge in [0.15, 0.2) is 0 Å². The van der Waals surface area contributed by atoms with E-state index in [1.165, 1.54) is 0 Å². The van der Waals surface area contributed by atoms with Crippen molar-refractivity contribution in [1.29, 1.82) is 0 Å². The van der Waals surface area contributed by atoms with Gasteiger partial charge in [-0.15, -0.1) is 0 Å². The van der Waals surface area contributed by atoms with Crippen LogP contribution in [0.3, 0.4) is 0 Å². The number of halogens is 1. The van der Waals surface area contributed by atoms with Crippen LogP contribution in [0.15, 0.2) is 36.4 Å². The Kier molecular flexibility index (Phi) is 2.87. The van der Waals surface area contributed by atoms with Gasteiger partial charge >= 0.3 is 0 Å². The molecule has 0 amide bonds. The molecule has 1 aliphatic rings. The molecule has 1 aromatic carbocycles. The molecule has 2 atom stereocenters. The van der Waals surface area contributed by atoms with Crippen LogP contribution >= 0.6 is 11.6 Å². The fourth-order valence-electron chi connectivity index (χ4n) is 1.60. The van der Waals surface area contributed by atoms with Crippen molar-refractivity contribution in [3.63, 3.8) is 0 Å². The van der Waals surface area contributed by atoms with Crippen molar-refractivity contribution in [1.82, 2.24) is 5.32 Å². The van der Waals surface area contributed by atoms with Crippen molar-refractivity contribution >= 4 is 11.6 Å². The zero-order valence-corrected chi connectivity index (χ0v) is 8.41. The number of hydrogen-bond donors (Lipinski definition) is 2. The van der Waals surface area contributed by atoms with Crippen LogP contribution in [0.2, 0.25) is 5.02 Å². The summed E-state index contributed by atoms with van der Waals surface area (Å²) in [6, 6.07) is 7.33. The summed E-state index contributed by atoms with van der Waals surface area (Å²) in [5.74, 6) is 0. The van der Waals surface area contributed by atoms with E-state index >= 15 is 0 Å². The molecule has 3 heteroatoms. The van der Waals surface area contributed by atoms with Gasteiger partial charge in [-0.1, -0.05) is 35.9 Å². The first kappa shape index (κ1) is 9.71. The molecule has 0 spiro atoms. The molecule has 1 aromatic rings. The Balaban J connectivity index is 2.17. The Hall–Kier alpha value is -0.830. The van der Waals surface area contributed by atoms with Gasteiger partial charge in [-0.2, -0.15) is 0 Å². The average molecular weight is 210 g/mol. The van der Waals surface area contributed by atoms with Gasteiger partial charge in [0.25, 0.3) is 0 Å². The lowest BCUT2D eigenvalue weighted by atomic mass is 10.0. The van der Waals surface area contributed by atoms with Gasteiger partial charge < -0.3 is 10.4 Å². The first-order valence-electron chi connectivity index (χ1n) is 4.61. The minimum Gasteiger partial charge on any atom is -0.386 e. The van der Waals surface area contributed by atoms with Crippen LogP contribution in [0.1, 0.15) is 11.7 Å². The van der Waals surface area contributed by atoms with Crippen LogP contribution in [-0.4, -0.2) is 17.7 Å². The van der Waals surface area contributed by atoms with E-state index in [1.807, 2.05) is 24.3 Å². The number of benzene rings is 1. The third-order valence-electron chi connectivity index (χ3n) is 2.35. The predicted molar refractivity (Wildman–Crippen MR) is 57.3 cm³/mol. The molecule has 2 rings (SSSR count). The van der Waals surface area contributed by atoms with Gasteiger partial charge in [-0.25, -0.2) is 0 Å². The van der Waals surface area contributed by atoms with Gasteiger partial charge in [0.05, 0.1) is 12.1 Å². The summed E-state index contributed by atoms with van der Waals surface area (Å²) in [5, 5.41) is 13.8. The maximum atomic E-state index is 9.97. The molecule has 0 aromatic heterocycles. The van der Waals surface area contributed by atoms with Crippen molar-refractivity contribution in [2.75, 3.05) is 6.54 Å². The number of rotatable bonds is 2. The van der Waals surface area contributed by atoms with E-state index in [9.17, 15) is 5.11 Å². The summed E-state index contributed by atoms with van der Waals surface area (Å²) in [5.41, 5.74) is 0.849. The molecular formula is C11H12ClNO. The molecule has 1 heterocycles. The van der Waals surface area contributed by atoms with Crippen LogP contribution in [0.25, 0.3) is 0 Å². The van der Waals surface area contributed by atoms with E-state index < -0.39 is 6.10 Å². The minimum absolute atomic E-state index is 0.00784. The Bertz CT molecular complexity index is 351. The first-order chi connectivity index (χ1) is 6.77. The molecule has 1 aliphatic heterocycles. The molecule has 14 heavy (non-hydrogen) atoms. The summed E-state index contributed by atoms with van der Waals surface area (Å²) < 4.78 is 0. The van der Waals surface area contributed by atoms with E-state index in [0.717, 1.165) is 12.1 Å². The van der Waals surface area contributed by atoms with Crippen LogP contribution in [0.4, 0.5) is 0 Å². The molecular weight excluding hydrogens is 198 g/mol. The lowest BCUT2D eigenvalue weighted by molar-refractivity contribution is 0.152. The Morgan fingerprint density at radius 1 is 1.50 bits per heavy atom. The van der Waals surface area contributed by atoms with Gasteiger partial charge in [-0.3, -0.25) is 0 Å². The lowest BCUT2D eigenvalue weighted by Crippen LogP contribution is -2.29. The Labute approximate surface area is 88.2 Å². The zero-order valence-electron chi connectivity index (χ0n) is 7.65. The predicted octanol–water partition coefficient (Wildman–Crippen LogP) is 1.90. The SMILES string of the molecule is OC(c1cccc(Cl)c1)C1C=CCN1. The van der Waals surface area contributed by atoms with Crippen LogP contribution in [-0.2, 0) is 0 Å². The van der Waals surface area contributed by atoms with Crippen molar-refractivity contribution in [3.8, 4) is 0 Å². The third-order valence-corrected chi connectivity index (χ3v) is 2.58. The van der Waals surface area contributed by atoms with E-state index in [2.05, 4.69) is 5.32 Å². The molecule has 0 saturated carbocycles. The van der Waals surface area contributed by atoms with E-state index in [0.29, 0.717) is 5.02 Å². The summed E-state index contributed by atoms with van der Waals surface area (Å²) >= 11 is 5.85. The fourth-order valence-corrected chi connectivity index (χ4v) is 1.80. The molecule has 2 nitrogen and oxygen atoms in total. The molecule has 2 N–H and O–H groups in total. The largest absolute Gasteiger partial charge is 0.386 e. The Morgan fingerprint density at radius 2 is 2.36 bits per heavy atom. The van der Waals surface area contributed by atoms with Crippen LogP contribution in [0.5, 0.6) is 0 Å². The normalized spacial score (nSPS) is 22.6. The first-order valence-corrected chi connectivity index (χ1v) is 4.99. The number of aliphatic hydroxyl groups is 1. The van der Waals surface area contributed by atoms with Crippen molar-refractivity contribution in [2.24, 2.45) is 0 Å². The highest BCUT2D eigenvalue weighted by Gasteiger charge is 2.19. The fraction of sp³-hybridized carbons (Fsp3) is 0.273. The van der Waals surface area contributed by atoms with Crippen molar-refractivity contribution in [3.05, 3.63) is 47.0 Å². The zero-order chi connectivity index (χ0) is 9.97. The lowest BCUT2D eigenvalue weighted by Gasteiger charge is -2.17. The molecule has 0 fully saturated rings. The molecule has 0 bridgehead atoms. The minimum atomic E-state index is -0.521. The molecule has 0 radical (unpaired) electrons. The van der Waals surface area contributed by atoms with Crippen LogP contribution in [0, 0.1) is 0 Å². The van der Waals surface area contributed by atoms with Gasteiger partial charge in [0, 0.05) is 11.6 Å². The highest BCUT2D eigenvalue weighted by Crippen LogP contribution is 2.22. The van der Waals surface area contributed by atoms with E-state index in [4.69, 9.17) is 11.6 Å². The maximum absolute atomic E-state index is 9.97. The molecule has 74 valence electrons. The number of aliphatic hydroxyl groups excluding tert-OH is 1. The maximum Gasteiger partial charge on any atom is 0.0979 e. The summed E-state index contributed by atoms with van der Waals surface area (Å²) in [7, 11) is 0. The standard InChI is InChI=1S/C11H12ClNO/c12-9-4-1-3-8(7-9)11(14)10-5-2-6-13-10/h1-5,7,10-11,13-14H,6H2. The monoisotopic (exact) mass is 209 g/mol. The second-order valence-electron chi connectivity index (χ2n) is 3.36. The van der Waals surface area contributed by atoms with Gasteiger partial charge in [0.2, 0.25) is 0 Å². The summed E-state index contributed by atoms with van der Waals surface area (Å²) in [6.45, 7) is 0.822. The van der Waals surface area contributed by atoms with Crippen LogP contribution < -0.4 is 5.32 Å². The van der Waals surface area contributed by atoms with Crippen molar-refractivity contribution < 1.29 is 5.11 Å². The second-order valence-corrected chi connectivity index (χ2v) is 3.80. The highest BCUT2D eigenvalue weighted by molar-refractivity contribution is 6.30. The molecule has 0 aliphatic carbocycles. The second kappa shape index (κ2) is 4.13. The molecule has 2 unspecified atom stereocenters. The number of hydrogen-bond acceptors (Lipinski definition) is 2. The molecule has 0 saturated heterocycles. The smallest absolute Gasteiger partial charge is 0.0979 e. The number of nitrogens with one attached hydrogen (secondary N) is 1. The highest BCUT2D eigenvalue weighted by atomic mass is 35.5. The van der Waals surface area contributed by atoms with Crippen molar-refractivity contribution in [2.45, 2.75) is 12.1 Å². The summed E-state index contributed by atoms with van der Waals surface area (Å²) in [6.07, 6.45) is 3.47. The van der Waals surface area contributed by atoms with Gasteiger partial charge in [-0.05, 0) is 17.7 Å². The Morgan fingerprint density at radius 3 is 3.00 bits per heavy atom. The third kappa shape index (κ3) is 1.98.